The van der Waals surface area contributed by atoms with Crippen LogP contribution < -0.4 is 5.32 Å². The number of nitrogens with one attached hydrogen (secondary N) is 1. The molecule has 0 heterocycles. The van der Waals surface area contributed by atoms with Crippen LogP contribution in [0, 0.1) is 5.92 Å². The van der Waals surface area contributed by atoms with E-state index >= 15 is 0 Å². The normalized spacial score (nSPS) is 27.5. The van der Waals surface area contributed by atoms with Gasteiger partial charge in [0.1, 0.15) is 0 Å². The number of hydrogen-bond donors (Lipinski definition) is 1. The first-order valence-electron chi connectivity index (χ1n) is 8.18. The van der Waals surface area contributed by atoms with Gasteiger partial charge in [0.15, 0.2) is 0 Å². The van der Waals surface area contributed by atoms with Gasteiger partial charge in [0, 0.05) is 12.1 Å². The molecule has 19 heavy (non-hydrogen) atoms. The lowest BCUT2D eigenvalue weighted by molar-refractivity contribution is -0.123. The van der Waals surface area contributed by atoms with Crippen LogP contribution in [0.5, 0.6) is 0 Å². The third-order valence-corrected chi connectivity index (χ3v) is 4.74. The maximum Gasteiger partial charge on any atom is 0.234 e. The summed E-state index contributed by atoms with van der Waals surface area (Å²) in [4.78, 5) is 14.2. The van der Waals surface area contributed by atoms with E-state index in [1.165, 1.54) is 57.8 Å². The molecule has 0 aromatic carbocycles. The monoisotopic (exact) mass is 266 g/mol. The summed E-state index contributed by atoms with van der Waals surface area (Å²) in [5, 5.41) is 3.23. The van der Waals surface area contributed by atoms with Crippen LogP contribution in [0.3, 0.4) is 0 Å². The molecule has 2 rings (SSSR count). The van der Waals surface area contributed by atoms with Crippen molar-refractivity contribution in [3.63, 3.8) is 0 Å². The highest BCUT2D eigenvalue weighted by Gasteiger charge is 2.28. The molecule has 2 fully saturated rings. The maximum atomic E-state index is 12.0. The highest BCUT2D eigenvalue weighted by atomic mass is 16.2. The molecule has 0 aromatic rings. The van der Waals surface area contributed by atoms with Crippen LogP contribution in [0.4, 0.5) is 0 Å². The lowest BCUT2D eigenvalue weighted by Crippen LogP contribution is -2.43. The van der Waals surface area contributed by atoms with Crippen LogP contribution in [-0.2, 0) is 4.79 Å². The van der Waals surface area contributed by atoms with Crippen LogP contribution >= 0.6 is 0 Å². The Morgan fingerprint density at radius 3 is 2.42 bits per heavy atom. The molecule has 1 amide bonds. The number of likely N-dealkylation sites (N-methyl/N-ethyl adjacent to an activating group) is 1. The summed E-state index contributed by atoms with van der Waals surface area (Å²) in [6.45, 7) is 2.85. The van der Waals surface area contributed by atoms with Crippen molar-refractivity contribution in [2.24, 2.45) is 5.92 Å². The van der Waals surface area contributed by atoms with Gasteiger partial charge in [-0.05, 0) is 51.5 Å². The van der Waals surface area contributed by atoms with Crippen LogP contribution in [0.15, 0.2) is 0 Å². The summed E-state index contributed by atoms with van der Waals surface area (Å²) >= 11 is 0. The largest absolute Gasteiger partial charge is 0.352 e. The van der Waals surface area contributed by atoms with Gasteiger partial charge < -0.3 is 5.32 Å². The minimum Gasteiger partial charge on any atom is -0.352 e. The summed E-state index contributed by atoms with van der Waals surface area (Å²) in [5.41, 5.74) is 0. The fraction of sp³-hybridized carbons (Fsp3) is 0.938. The molecule has 1 N–H and O–H groups in total. The molecule has 0 saturated heterocycles. The first-order chi connectivity index (χ1) is 9.19. The molecule has 0 unspecified atom stereocenters. The highest BCUT2D eigenvalue weighted by Crippen LogP contribution is 2.28. The number of unbranched alkanes of at least 4 members (excludes halogenated alkanes) is 1. The average Bonchev–Trinajstić information content (AvgIpc) is 3.22. The zero-order valence-corrected chi connectivity index (χ0v) is 12.7. The fourth-order valence-electron chi connectivity index (χ4n) is 3.23. The second kappa shape index (κ2) is 7.28. The second-order valence-electron chi connectivity index (χ2n) is 6.57. The van der Waals surface area contributed by atoms with E-state index in [1.807, 2.05) is 0 Å². The average molecular weight is 266 g/mol. The Labute approximate surface area is 118 Å². The molecule has 0 bridgehead atoms. The Morgan fingerprint density at radius 1 is 1.16 bits per heavy atom. The van der Waals surface area contributed by atoms with Gasteiger partial charge in [0.25, 0.3) is 0 Å². The molecule has 3 heteroatoms. The van der Waals surface area contributed by atoms with Crippen LogP contribution in [0.25, 0.3) is 0 Å². The van der Waals surface area contributed by atoms with Crippen molar-refractivity contribution in [1.82, 2.24) is 10.2 Å². The summed E-state index contributed by atoms with van der Waals surface area (Å²) in [6.07, 6.45) is 11.6. The van der Waals surface area contributed by atoms with E-state index in [0.717, 1.165) is 5.92 Å². The summed E-state index contributed by atoms with van der Waals surface area (Å²) in [6, 6.07) is 1.12. The molecule has 0 radical (unpaired) electrons. The van der Waals surface area contributed by atoms with E-state index in [-0.39, 0.29) is 5.91 Å². The molecular formula is C16H30N2O. The summed E-state index contributed by atoms with van der Waals surface area (Å²) in [5.74, 6) is 1.15. The van der Waals surface area contributed by atoms with Crippen molar-refractivity contribution >= 4 is 5.91 Å². The molecule has 2 aliphatic carbocycles. The van der Waals surface area contributed by atoms with Crippen molar-refractivity contribution < 1.29 is 4.79 Å². The SMILES string of the molecule is CCCCC1CCC(NC(=O)CN(C)C2CC2)CC1. The Bertz CT molecular complexity index is 280. The van der Waals surface area contributed by atoms with Gasteiger partial charge in [-0.2, -0.15) is 0 Å². The number of hydrogen-bond acceptors (Lipinski definition) is 2. The number of amides is 1. The quantitative estimate of drug-likeness (QED) is 0.768. The van der Waals surface area contributed by atoms with Gasteiger partial charge in [-0.25, -0.2) is 0 Å². The fourth-order valence-corrected chi connectivity index (χ4v) is 3.23. The highest BCUT2D eigenvalue weighted by molar-refractivity contribution is 5.78. The van der Waals surface area contributed by atoms with E-state index in [1.54, 1.807) is 0 Å². The first-order valence-corrected chi connectivity index (χ1v) is 8.18. The Morgan fingerprint density at radius 2 is 1.84 bits per heavy atom. The van der Waals surface area contributed by atoms with Gasteiger partial charge in [-0.1, -0.05) is 26.2 Å². The van der Waals surface area contributed by atoms with Gasteiger partial charge in [-0.15, -0.1) is 0 Å². The lowest BCUT2D eigenvalue weighted by atomic mass is 9.83. The van der Waals surface area contributed by atoms with Gasteiger partial charge >= 0.3 is 0 Å². The minimum absolute atomic E-state index is 0.228. The molecule has 3 nitrogen and oxygen atoms in total. The van der Waals surface area contributed by atoms with Crippen LogP contribution in [0.1, 0.15) is 64.7 Å². The van der Waals surface area contributed by atoms with Gasteiger partial charge in [0.2, 0.25) is 5.91 Å². The Hall–Kier alpha value is -0.570. The zero-order valence-electron chi connectivity index (χ0n) is 12.7. The number of rotatable bonds is 7. The molecule has 2 saturated carbocycles. The van der Waals surface area contributed by atoms with E-state index < -0.39 is 0 Å². The molecule has 2 aliphatic rings. The van der Waals surface area contributed by atoms with Crippen molar-refractivity contribution in [3.05, 3.63) is 0 Å². The predicted octanol–water partition coefficient (Wildman–Crippen LogP) is 2.95. The lowest BCUT2D eigenvalue weighted by Gasteiger charge is -2.29. The zero-order chi connectivity index (χ0) is 13.7. The molecule has 0 aromatic heterocycles. The Balaban J connectivity index is 1.60. The molecule has 0 atom stereocenters. The number of carbonyl (C=O) groups is 1. The first kappa shape index (κ1) is 14.8. The van der Waals surface area contributed by atoms with Crippen molar-refractivity contribution in [1.29, 1.82) is 0 Å². The Kier molecular flexibility index (Phi) is 5.68. The molecule has 110 valence electrons. The number of nitrogens with zero attached hydrogens (tertiary/aromatic N) is 1. The van der Waals surface area contributed by atoms with Crippen molar-refractivity contribution in [2.75, 3.05) is 13.6 Å². The van der Waals surface area contributed by atoms with E-state index in [2.05, 4.69) is 24.2 Å². The van der Waals surface area contributed by atoms with Gasteiger partial charge in [0.05, 0.1) is 6.54 Å². The topological polar surface area (TPSA) is 32.3 Å². The van der Waals surface area contributed by atoms with Crippen LogP contribution in [-0.4, -0.2) is 36.5 Å². The van der Waals surface area contributed by atoms with Crippen molar-refractivity contribution in [2.45, 2.75) is 76.8 Å². The standard InChI is InChI=1S/C16H30N2O/c1-3-4-5-13-6-8-14(9-7-13)17-16(19)12-18(2)15-10-11-15/h13-15H,3-12H2,1-2H3,(H,17,19). The predicted molar refractivity (Wildman–Crippen MR) is 79.1 cm³/mol. The summed E-state index contributed by atoms with van der Waals surface area (Å²) in [7, 11) is 2.07. The molecular weight excluding hydrogens is 236 g/mol. The van der Waals surface area contributed by atoms with E-state index in [9.17, 15) is 4.79 Å². The smallest absolute Gasteiger partial charge is 0.234 e. The third-order valence-electron chi connectivity index (χ3n) is 4.74. The van der Waals surface area contributed by atoms with Gasteiger partial charge in [-0.3, -0.25) is 9.69 Å². The molecule has 0 aliphatic heterocycles. The second-order valence-corrected chi connectivity index (χ2v) is 6.57. The third kappa shape index (κ3) is 5.13. The van der Waals surface area contributed by atoms with E-state index in [0.29, 0.717) is 18.6 Å². The molecule has 0 spiro atoms. The number of carbonyl (C=O) groups excluding carboxylic acids is 1. The van der Waals surface area contributed by atoms with Crippen LogP contribution in [0.2, 0.25) is 0 Å². The minimum atomic E-state index is 0.228. The van der Waals surface area contributed by atoms with Crippen molar-refractivity contribution in [3.8, 4) is 0 Å². The van der Waals surface area contributed by atoms with E-state index in [4.69, 9.17) is 0 Å². The maximum absolute atomic E-state index is 12.0. The summed E-state index contributed by atoms with van der Waals surface area (Å²) < 4.78 is 0.